The molecule has 2 unspecified atom stereocenters. The highest BCUT2D eigenvalue weighted by atomic mass is 32.2. The summed E-state index contributed by atoms with van der Waals surface area (Å²) in [6.45, 7) is 20.3. The Morgan fingerprint density at radius 3 is 1.57 bits per heavy atom. The number of rotatable bonds is 24. The molecular weight excluding hydrogens is 606 g/mol. The van der Waals surface area contributed by atoms with Gasteiger partial charge in [-0.15, -0.1) is 0 Å². The fraction of sp³-hybridized carbons (Fsp3) is 0.871. The number of carbonyl (C=O) groups excluding carboxylic acids is 4. The summed E-state index contributed by atoms with van der Waals surface area (Å²) in [7, 11) is 0. The van der Waals surface area contributed by atoms with E-state index >= 15 is 0 Å². The molecule has 0 aliphatic carbocycles. The normalized spacial score (nSPS) is 14.2. The molecule has 258 valence electrons. The molecular formula is C31H59N3O8S2. The predicted octanol–water partition coefficient (Wildman–Crippen LogP) is 4.38. The second-order valence-electron chi connectivity index (χ2n) is 13.0. The van der Waals surface area contributed by atoms with Gasteiger partial charge < -0.3 is 34.2 Å². The van der Waals surface area contributed by atoms with E-state index in [0.29, 0.717) is 18.8 Å². The first-order valence-electron chi connectivity index (χ1n) is 15.6. The Balaban J connectivity index is 4.67. The van der Waals surface area contributed by atoms with Gasteiger partial charge in [0.05, 0.1) is 44.3 Å². The molecule has 0 heterocycles. The number of hydrogen-bond donors (Lipinski definition) is 3. The van der Waals surface area contributed by atoms with E-state index in [4.69, 9.17) is 23.6 Å². The van der Waals surface area contributed by atoms with Gasteiger partial charge >= 0.3 is 11.9 Å². The van der Waals surface area contributed by atoms with Crippen LogP contribution >= 0.6 is 24.1 Å². The zero-order valence-corrected chi connectivity index (χ0v) is 30.3. The average molecular weight is 666 g/mol. The van der Waals surface area contributed by atoms with Crippen molar-refractivity contribution in [2.75, 3.05) is 51.0 Å². The lowest BCUT2D eigenvalue weighted by Gasteiger charge is -2.32. The molecule has 11 nitrogen and oxygen atoms in total. The maximum atomic E-state index is 12.7. The summed E-state index contributed by atoms with van der Waals surface area (Å²) in [6.07, 6.45) is 1.21. The van der Waals surface area contributed by atoms with Gasteiger partial charge in [0.25, 0.3) is 0 Å². The first-order valence-corrected chi connectivity index (χ1v) is 17.4. The number of nitrogens with two attached hydrogens (primary N) is 1. The second-order valence-corrected chi connectivity index (χ2v) is 14.8. The average Bonchev–Trinajstić information content (AvgIpc) is 2.91. The highest BCUT2D eigenvalue weighted by Gasteiger charge is 2.38. The van der Waals surface area contributed by atoms with Gasteiger partial charge in [0, 0.05) is 41.8 Å². The molecule has 0 bridgehead atoms. The van der Waals surface area contributed by atoms with E-state index in [-0.39, 0.29) is 68.5 Å². The molecule has 0 radical (unpaired) electrons. The number of ether oxygens (including phenoxy) is 2. The first kappa shape index (κ1) is 42.5. The molecule has 0 aliphatic rings. The summed E-state index contributed by atoms with van der Waals surface area (Å²) < 4.78 is 22.2. The lowest BCUT2D eigenvalue weighted by Crippen LogP contribution is -2.49. The van der Waals surface area contributed by atoms with Crippen molar-refractivity contribution in [1.82, 2.24) is 10.6 Å². The second kappa shape index (κ2) is 22.1. The molecule has 44 heavy (non-hydrogen) atoms. The minimum atomic E-state index is -0.651. The maximum Gasteiger partial charge on any atom is 0.311 e. The number of esters is 2. The molecule has 2 amide bonds. The van der Waals surface area contributed by atoms with Gasteiger partial charge in [-0.05, 0) is 56.2 Å². The lowest BCUT2D eigenvalue weighted by atomic mass is 9.79. The smallest absolute Gasteiger partial charge is 0.311 e. The van der Waals surface area contributed by atoms with Crippen LogP contribution in [0.5, 0.6) is 0 Å². The van der Waals surface area contributed by atoms with Crippen LogP contribution in [0.2, 0.25) is 0 Å². The minimum absolute atomic E-state index is 0.0194. The number of nitrogens with one attached hydrogen (secondary N) is 2. The predicted molar refractivity (Wildman–Crippen MR) is 178 cm³/mol. The third-order valence-corrected chi connectivity index (χ3v) is 8.59. The molecule has 0 aromatic carbocycles. The van der Waals surface area contributed by atoms with Crippen molar-refractivity contribution in [3.8, 4) is 0 Å². The van der Waals surface area contributed by atoms with Crippen LogP contribution in [0.3, 0.4) is 0 Å². The van der Waals surface area contributed by atoms with Gasteiger partial charge in [0.15, 0.2) is 0 Å². The monoisotopic (exact) mass is 665 g/mol. The van der Waals surface area contributed by atoms with Crippen LogP contribution in [0.15, 0.2) is 0 Å². The van der Waals surface area contributed by atoms with Gasteiger partial charge in [0.2, 0.25) is 11.8 Å². The molecule has 0 fully saturated rings. The zero-order valence-electron chi connectivity index (χ0n) is 28.6. The van der Waals surface area contributed by atoms with E-state index in [2.05, 4.69) is 10.6 Å². The summed E-state index contributed by atoms with van der Waals surface area (Å²) in [4.78, 5) is 49.9. The first-order chi connectivity index (χ1) is 20.5. The highest BCUT2D eigenvalue weighted by Crippen LogP contribution is 2.31. The van der Waals surface area contributed by atoms with E-state index in [9.17, 15) is 19.2 Å². The fourth-order valence-corrected chi connectivity index (χ4v) is 5.72. The van der Waals surface area contributed by atoms with Gasteiger partial charge in [-0.1, -0.05) is 55.4 Å². The van der Waals surface area contributed by atoms with Gasteiger partial charge in [0.1, 0.15) is 0 Å². The zero-order chi connectivity index (χ0) is 33.9. The molecule has 0 aromatic rings. The molecule has 0 aliphatic heterocycles. The fourth-order valence-electron chi connectivity index (χ4n) is 4.01. The van der Waals surface area contributed by atoms with E-state index in [1.807, 2.05) is 55.4 Å². The maximum absolute atomic E-state index is 12.7. The van der Waals surface area contributed by atoms with Crippen LogP contribution in [0.25, 0.3) is 0 Å². The summed E-state index contributed by atoms with van der Waals surface area (Å²) in [5.41, 5.74) is 4.79. The van der Waals surface area contributed by atoms with Crippen LogP contribution in [0, 0.1) is 34.5 Å². The van der Waals surface area contributed by atoms with Crippen molar-refractivity contribution < 1.29 is 37.0 Å². The molecule has 0 rings (SSSR count). The van der Waals surface area contributed by atoms with Gasteiger partial charge in [-0.25, -0.2) is 0 Å². The third kappa shape index (κ3) is 17.2. The molecule has 0 aromatic heterocycles. The van der Waals surface area contributed by atoms with Crippen molar-refractivity contribution in [2.45, 2.75) is 88.1 Å². The van der Waals surface area contributed by atoms with E-state index in [1.54, 1.807) is 13.8 Å². The number of amides is 2. The molecule has 3 atom stereocenters. The topological polar surface area (TPSA) is 155 Å². The Bertz CT molecular complexity index is 871. The van der Waals surface area contributed by atoms with Crippen molar-refractivity contribution in [1.29, 1.82) is 0 Å². The Morgan fingerprint density at radius 2 is 1.18 bits per heavy atom. The van der Waals surface area contributed by atoms with Gasteiger partial charge in [-0.3, -0.25) is 19.2 Å². The Hall–Kier alpha value is -1.54. The van der Waals surface area contributed by atoms with Crippen molar-refractivity contribution in [2.24, 2.45) is 40.2 Å². The SMILES string of the molecule is CCOC(=O)C(CNC(=O)CC(C)C)C(C)(C)COSCCCSOCC(C)(C)[C@@H](CNC(=O)C(N)C(C)C)C(=O)OCC. The Labute approximate surface area is 274 Å². The minimum Gasteiger partial charge on any atom is -0.466 e. The molecule has 4 N–H and O–H groups in total. The quantitative estimate of drug-likeness (QED) is 0.0764. The number of hydrogen-bond acceptors (Lipinski definition) is 11. The van der Waals surface area contributed by atoms with Crippen LogP contribution in [0.1, 0.15) is 82.1 Å². The van der Waals surface area contributed by atoms with E-state index in [1.165, 1.54) is 24.1 Å². The van der Waals surface area contributed by atoms with Crippen LogP contribution in [0.4, 0.5) is 0 Å². The molecule has 0 saturated carbocycles. The Morgan fingerprint density at radius 1 is 0.750 bits per heavy atom. The standard InChI is InChI=1S/C31H59N3O8S2/c1-11-39-28(37)23(17-33-25(35)16-21(3)4)30(7,8)19-41-43-14-13-15-44-42-20-31(9,10)24(29(38)40-12-2)18-34-27(36)26(32)22(5)6/h21-24,26H,11-20,32H2,1-10H3,(H,33,35)(H,34,36)/t23?,24-,26?/m0/s1. The van der Waals surface area contributed by atoms with Crippen LogP contribution < -0.4 is 16.4 Å². The lowest BCUT2D eigenvalue weighted by molar-refractivity contribution is -0.154. The summed E-state index contributed by atoms with van der Waals surface area (Å²) in [6, 6.07) is -0.651. The summed E-state index contributed by atoms with van der Waals surface area (Å²) in [5, 5.41) is 5.67. The summed E-state index contributed by atoms with van der Waals surface area (Å²) >= 11 is 2.64. The third-order valence-electron chi connectivity index (χ3n) is 7.11. The molecule has 13 heteroatoms. The van der Waals surface area contributed by atoms with E-state index < -0.39 is 28.7 Å². The van der Waals surface area contributed by atoms with Crippen LogP contribution in [-0.4, -0.2) is 80.8 Å². The molecule has 0 spiro atoms. The van der Waals surface area contributed by atoms with Crippen molar-refractivity contribution >= 4 is 47.8 Å². The highest BCUT2D eigenvalue weighted by molar-refractivity contribution is 7.95. The summed E-state index contributed by atoms with van der Waals surface area (Å²) in [5.74, 6) is -0.602. The van der Waals surface area contributed by atoms with E-state index in [0.717, 1.165) is 12.2 Å². The Kier molecular flexibility index (Phi) is 21.3. The van der Waals surface area contributed by atoms with Crippen molar-refractivity contribution in [3.63, 3.8) is 0 Å². The number of carbonyl (C=O) groups is 4. The largest absolute Gasteiger partial charge is 0.466 e. The van der Waals surface area contributed by atoms with Gasteiger partial charge in [-0.2, -0.15) is 0 Å². The van der Waals surface area contributed by atoms with Crippen molar-refractivity contribution in [3.05, 3.63) is 0 Å². The molecule has 0 saturated heterocycles. The van der Waals surface area contributed by atoms with Crippen LogP contribution in [-0.2, 0) is 37.0 Å².